The van der Waals surface area contributed by atoms with Crippen molar-refractivity contribution in [2.75, 3.05) is 12.3 Å². The summed E-state index contributed by atoms with van der Waals surface area (Å²) >= 11 is 1.14. The third kappa shape index (κ3) is 4.70. The number of nitrogens with one attached hydrogen (secondary N) is 1. The number of nitrogens with two attached hydrogens (primary N) is 1. The predicted molar refractivity (Wildman–Crippen MR) is 81.1 cm³/mol. The van der Waals surface area contributed by atoms with Crippen LogP contribution in [-0.2, 0) is 19.2 Å². The standard InChI is InChI=1S/C13H21N3O5S/c1-13(2,3)16-9(17)4-8(12(16)21)22-6-7(14)11(20)15-5-10(18)19/h7-8H,4-6,14H2,1-3H3,(H,15,20)(H,18,19)/t7-,8?/m1/s1. The molecule has 0 aromatic carbocycles. The number of hydrogen-bond donors (Lipinski definition) is 3. The second-order valence-electron chi connectivity index (χ2n) is 5.98. The number of carboxylic acid groups (broad SMARTS) is 1. The zero-order valence-electron chi connectivity index (χ0n) is 12.8. The Bertz CT molecular complexity index is 489. The number of imide groups is 1. The lowest BCUT2D eigenvalue weighted by molar-refractivity contribution is -0.143. The van der Waals surface area contributed by atoms with Crippen molar-refractivity contribution in [1.82, 2.24) is 10.2 Å². The number of carbonyl (C=O) groups excluding carboxylic acids is 3. The van der Waals surface area contributed by atoms with Crippen LogP contribution in [0.5, 0.6) is 0 Å². The molecule has 1 fully saturated rings. The molecule has 124 valence electrons. The number of amides is 3. The van der Waals surface area contributed by atoms with Gasteiger partial charge in [0.25, 0.3) is 0 Å². The maximum atomic E-state index is 12.2. The van der Waals surface area contributed by atoms with Gasteiger partial charge in [0.1, 0.15) is 6.54 Å². The molecule has 0 aliphatic carbocycles. The smallest absolute Gasteiger partial charge is 0.322 e. The van der Waals surface area contributed by atoms with Gasteiger partial charge in [-0.05, 0) is 20.8 Å². The second-order valence-corrected chi connectivity index (χ2v) is 7.22. The van der Waals surface area contributed by atoms with E-state index in [1.807, 2.05) is 0 Å². The highest BCUT2D eigenvalue weighted by molar-refractivity contribution is 8.00. The fourth-order valence-electron chi connectivity index (χ4n) is 2.03. The fourth-order valence-corrected chi connectivity index (χ4v) is 3.13. The Labute approximate surface area is 132 Å². The maximum Gasteiger partial charge on any atom is 0.322 e. The van der Waals surface area contributed by atoms with Gasteiger partial charge >= 0.3 is 5.97 Å². The average molecular weight is 331 g/mol. The molecule has 0 bridgehead atoms. The minimum Gasteiger partial charge on any atom is -0.480 e. The van der Waals surface area contributed by atoms with E-state index < -0.39 is 35.3 Å². The first-order chi connectivity index (χ1) is 10.0. The highest BCUT2D eigenvalue weighted by Gasteiger charge is 2.44. The monoisotopic (exact) mass is 331 g/mol. The minimum atomic E-state index is -1.16. The lowest BCUT2D eigenvalue weighted by Gasteiger charge is -2.30. The predicted octanol–water partition coefficient (Wildman–Crippen LogP) is -0.826. The molecule has 22 heavy (non-hydrogen) atoms. The van der Waals surface area contributed by atoms with Crippen LogP contribution < -0.4 is 11.1 Å². The van der Waals surface area contributed by atoms with E-state index in [0.717, 1.165) is 11.8 Å². The molecule has 0 aromatic rings. The van der Waals surface area contributed by atoms with E-state index in [1.165, 1.54) is 4.90 Å². The summed E-state index contributed by atoms with van der Waals surface area (Å²) in [6.45, 7) is 4.83. The third-order valence-electron chi connectivity index (χ3n) is 3.00. The largest absolute Gasteiger partial charge is 0.480 e. The summed E-state index contributed by atoms with van der Waals surface area (Å²) in [6.07, 6.45) is 0.0875. The van der Waals surface area contributed by atoms with Gasteiger partial charge in [-0.25, -0.2) is 0 Å². The zero-order valence-corrected chi connectivity index (χ0v) is 13.6. The van der Waals surface area contributed by atoms with Crippen molar-refractivity contribution < 1.29 is 24.3 Å². The second kappa shape index (κ2) is 7.10. The van der Waals surface area contributed by atoms with Crippen LogP contribution in [0.2, 0.25) is 0 Å². The van der Waals surface area contributed by atoms with Crippen LogP contribution in [-0.4, -0.2) is 62.8 Å². The van der Waals surface area contributed by atoms with E-state index in [2.05, 4.69) is 5.32 Å². The summed E-state index contributed by atoms with van der Waals surface area (Å²) in [6, 6.07) is -0.934. The van der Waals surface area contributed by atoms with Gasteiger partial charge in [-0.2, -0.15) is 0 Å². The summed E-state index contributed by atoms with van der Waals surface area (Å²) in [5.41, 5.74) is 5.07. The van der Waals surface area contributed by atoms with Gasteiger partial charge < -0.3 is 16.2 Å². The van der Waals surface area contributed by atoms with Crippen molar-refractivity contribution in [2.45, 2.75) is 44.0 Å². The first-order valence-electron chi connectivity index (χ1n) is 6.77. The first-order valence-corrected chi connectivity index (χ1v) is 7.82. The van der Waals surface area contributed by atoms with Crippen molar-refractivity contribution in [3.63, 3.8) is 0 Å². The number of carbonyl (C=O) groups is 4. The summed E-state index contributed by atoms with van der Waals surface area (Å²) in [5, 5.41) is 10.1. The van der Waals surface area contributed by atoms with Crippen molar-refractivity contribution >= 4 is 35.5 Å². The molecule has 1 rings (SSSR count). The molecule has 1 aliphatic rings. The maximum absolute atomic E-state index is 12.2. The summed E-state index contributed by atoms with van der Waals surface area (Å²) in [7, 11) is 0. The number of thioether (sulfide) groups is 1. The Morgan fingerprint density at radius 3 is 2.50 bits per heavy atom. The Morgan fingerprint density at radius 2 is 2.05 bits per heavy atom. The van der Waals surface area contributed by atoms with E-state index in [0.29, 0.717) is 0 Å². The van der Waals surface area contributed by atoms with Crippen LogP contribution in [0.4, 0.5) is 0 Å². The number of rotatable bonds is 6. The Balaban J connectivity index is 2.52. The molecule has 0 aromatic heterocycles. The van der Waals surface area contributed by atoms with Gasteiger partial charge in [-0.1, -0.05) is 0 Å². The number of carboxylic acids is 1. The van der Waals surface area contributed by atoms with Crippen LogP contribution >= 0.6 is 11.8 Å². The molecule has 3 amide bonds. The van der Waals surface area contributed by atoms with Gasteiger partial charge in [0.2, 0.25) is 17.7 Å². The molecule has 1 unspecified atom stereocenters. The highest BCUT2D eigenvalue weighted by atomic mass is 32.2. The van der Waals surface area contributed by atoms with E-state index in [4.69, 9.17) is 10.8 Å². The molecule has 1 aliphatic heterocycles. The topological polar surface area (TPSA) is 130 Å². The number of likely N-dealkylation sites (tertiary alicyclic amines) is 1. The molecule has 0 spiro atoms. The van der Waals surface area contributed by atoms with Gasteiger partial charge in [-0.15, -0.1) is 11.8 Å². The minimum absolute atomic E-state index is 0.0875. The van der Waals surface area contributed by atoms with Gasteiger partial charge in [0, 0.05) is 17.7 Å². The number of hydrogen-bond acceptors (Lipinski definition) is 6. The van der Waals surface area contributed by atoms with Crippen molar-refractivity contribution in [3.8, 4) is 0 Å². The summed E-state index contributed by atoms with van der Waals surface area (Å²) in [5.74, 6) is -2.14. The Morgan fingerprint density at radius 1 is 1.45 bits per heavy atom. The van der Waals surface area contributed by atoms with Crippen molar-refractivity contribution in [3.05, 3.63) is 0 Å². The highest BCUT2D eigenvalue weighted by Crippen LogP contribution is 2.30. The number of aliphatic carboxylic acids is 1. The van der Waals surface area contributed by atoms with E-state index in [1.54, 1.807) is 20.8 Å². The van der Waals surface area contributed by atoms with Crippen LogP contribution in [0.25, 0.3) is 0 Å². The van der Waals surface area contributed by atoms with Gasteiger partial charge in [0.05, 0.1) is 11.3 Å². The van der Waals surface area contributed by atoms with E-state index in [9.17, 15) is 19.2 Å². The molecular formula is C13H21N3O5S. The third-order valence-corrected chi connectivity index (χ3v) is 4.33. The van der Waals surface area contributed by atoms with Gasteiger partial charge in [-0.3, -0.25) is 24.1 Å². The molecule has 1 heterocycles. The fraction of sp³-hybridized carbons (Fsp3) is 0.692. The first kappa shape index (κ1) is 18.4. The Kier molecular flexibility index (Phi) is 5.95. The van der Waals surface area contributed by atoms with Crippen molar-refractivity contribution in [1.29, 1.82) is 0 Å². The molecular weight excluding hydrogens is 310 g/mol. The Hall–Kier alpha value is -1.61. The van der Waals surface area contributed by atoms with E-state index >= 15 is 0 Å². The molecule has 0 radical (unpaired) electrons. The molecule has 9 heteroatoms. The SMILES string of the molecule is CC(C)(C)N1C(=O)CC(SC[C@@H](N)C(=O)NCC(=O)O)C1=O. The summed E-state index contributed by atoms with van der Waals surface area (Å²) in [4.78, 5) is 47.3. The van der Waals surface area contributed by atoms with Crippen LogP contribution in [0.15, 0.2) is 0 Å². The molecule has 2 atom stereocenters. The summed E-state index contributed by atoms with van der Waals surface area (Å²) < 4.78 is 0. The van der Waals surface area contributed by atoms with Gasteiger partial charge in [0.15, 0.2) is 0 Å². The van der Waals surface area contributed by atoms with E-state index in [-0.39, 0.29) is 24.0 Å². The molecule has 8 nitrogen and oxygen atoms in total. The van der Waals surface area contributed by atoms with Crippen LogP contribution in [0, 0.1) is 0 Å². The average Bonchev–Trinajstić information content (AvgIpc) is 2.67. The zero-order chi connectivity index (χ0) is 17.1. The molecule has 4 N–H and O–H groups in total. The molecule has 1 saturated heterocycles. The normalized spacial score (nSPS) is 20.2. The number of nitrogens with zero attached hydrogens (tertiary/aromatic N) is 1. The van der Waals surface area contributed by atoms with Crippen LogP contribution in [0.3, 0.4) is 0 Å². The lowest BCUT2D eigenvalue weighted by atomic mass is 10.1. The lowest BCUT2D eigenvalue weighted by Crippen LogP contribution is -2.46. The quantitative estimate of drug-likeness (QED) is 0.542. The van der Waals surface area contributed by atoms with Crippen LogP contribution in [0.1, 0.15) is 27.2 Å². The molecule has 0 saturated carbocycles. The van der Waals surface area contributed by atoms with Crippen molar-refractivity contribution in [2.24, 2.45) is 5.73 Å².